The van der Waals surface area contributed by atoms with Crippen molar-refractivity contribution in [2.45, 2.75) is 44.9 Å². The zero-order valence-electron chi connectivity index (χ0n) is 13.1. The molecule has 0 aliphatic heterocycles. The second-order valence-corrected chi connectivity index (χ2v) is 5.80. The molecule has 1 N–H and O–H groups in total. The molecule has 0 radical (unpaired) electrons. The number of esters is 1. The number of carbonyl (C=O) groups excluding carboxylic acids is 2. The van der Waals surface area contributed by atoms with Gasteiger partial charge in [-0.2, -0.15) is 5.26 Å². The molecule has 0 heterocycles. The highest BCUT2D eigenvalue weighted by molar-refractivity contribution is 8.03. The molecule has 1 aromatic rings. The number of thiocyanates is 1. The molecule has 1 rings (SSSR count). The van der Waals surface area contributed by atoms with Gasteiger partial charge in [-0.05, 0) is 55.3 Å². The van der Waals surface area contributed by atoms with E-state index in [4.69, 9.17) is 10.00 Å². The maximum Gasteiger partial charge on any atom is 0.306 e. The predicted octanol–water partition coefficient (Wildman–Crippen LogP) is 3.55. The normalized spacial score (nSPS) is 9.91. The van der Waals surface area contributed by atoms with Gasteiger partial charge >= 0.3 is 5.97 Å². The third-order valence-electron chi connectivity index (χ3n) is 3.03. The van der Waals surface area contributed by atoms with Crippen molar-refractivity contribution in [3.63, 3.8) is 0 Å². The van der Waals surface area contributed by atoms with Gasteiger partial charge in [0.15, 0.2) is 6.61 Å². The summed E-state index contributed by atoms with van der Waals surface area (Å²) in [7, 11) is 0. The third kappa shape index (κ3) is 5.78. The quantitative estimate of drug-likeness (QED) is 0.472. The van der Waals surface area contributed by atoms with Crippen molar-refractivity contribution in [1.82, 2.24) is 0 Å². The highest BCUT2D eigenvalue weighted by atomic mass is 32.2. The van der Waals surface area contributed by atoms with Crippen LogP contribution in [0.15, 0.2) is 17.0 Å². The van der Waals surface area contributed by atoms with E-state index in [9.17, 15) is 9.59 Å². The number of nitrogens with zero attached hydrogens (tertiary/aromatic N) is 1. The van der Waals surface area contributed by atoms with E-state index in [1.54, 1.807) is 0 Å². The number of aryl methyl sites for hydroxylation is 2. The van der Waals surface area contributed by atoms with E-state index in [-0.39, 0.29) is 18.5 Å². The summed E-state index contributed by atoms with van der Waals surface area (Å²) in [5, 5.41) is 13.5. The number of nitriles is 1. The number of hydrogen-bond acceptors (Lipinski definition) is 5. The average molecular weight is 320 g/mol. The standard InChI is InChI=1S/C16H20N2O3S/c1-4-5-6-15(20)21-9-14(19)18-16-11(2)7-13(22-10-17)8-12(16)3/h7-8H,4-6,9H2,1-3H3,(H,18,19). The number of thioether (sulfide) groups is 1. The summed E-state index contributed by atoms with van der Waals surface area (Å²) in [6, 6.07) is 3.67. The first-order valence-electron chi connectivity index (χ1n) is 7.10. The van der Waals surface area contributed by atoms with Gasteiger partial charge in [0.1, 0.15) is 5.40 Å². The maximum absolute atomic E-state index is 11.9. The Balaban J connectivity index is 2.61. The lowest BCUT2D eigenvalue weighted by atomic mass is 10.1. The van der Waals surface area contributed by atoms with Gasteiger partial charge in [-0.3, -0.25) is 9.59 Å². The van der Waals surface area contributed by atoms with Crippen LogP contribution >= 0.6 is 11.8 Å². The van der Waals surface area contributed by atoms with Crippen molar-refractivity contribution in [3.8, 4) is 5.40 Å². The fourth-order valence-electron chi connectivity index (χ4n) is 1.95. The predicted molar refractivity (Wildman–Crippen MR) is 86.5 cm³/mol. The molecule has 1 amide bonds. The van der Waals surface area contributed by atoms with E-state index in [0.717, 1.165) is 40.6 Å². The Morgan fingerprint density at radius 2 is 1.95 bits per heavy atom. The average Bonchev–Trinajstić information content (AvgIpc) is 2.47. The Hall–Kier alpha value is -2.00. The number of benzene rings is 1. The summed E-state index contributed by atoms with van der Waals surface area (Å²) in [6.45, 7) is 5.42. The first-order chi connectivity index (χ1) is 10.5. The lowest BCUT2D eigenvalue weighted by Gasteiger charge is -2.13. The molecule has 5 nitrogen and oxygen atoms in total. The highest BCUT2D eigenvalue weighted by Gasteiger charge is 2.11. The molecule has 0 aliphatic carbocycles. The number of amides is 1. The summed E-state index contributed by atoms with van der Waals surface area (Å²) in [6.07, 6.45) is 2.01. The van der Waals surface area contributed by atoms with E-state index in [0.29, 0.717) is 12.1 Å². The van der Waals surface area contributed by atoms with E-state index in [2.05, 4.69) is 5.32 Å². The topological polar surface area (TPSA) is 79.2 Å². The molecule has 0 saturated heterocycles. The van der Waals surface area contributed by atoms with Crippen LogP contribution < -0.4 is 5.32 Å². The number of nitrogens with one attached hydrogen (secondary N) is 1. The lowest BCUT2D eigenvalue weighted by Crippen LogP contribution is -2.21. The summed E-state index contributed by atoms with van der Waals surface area (Å²) < 4.78 is 4.92. The van der Waals surface area contributed by atoms with E-state index >= 15 is 0 Å². The summed E-state index contributed by atoms with van der Waals surface area (Å²) in [5.41, 5.74) is 2.42. The third-order valence-corrected chi connectivity index (χ3v) is 3.60. The maximum atomic E-state index is 11.9. The van der Waals surface area contributed by atoms with Crippen molar-refractivity contribution in [2.24, 2.45) is 0 Å². The monoisotopic (exact) mass is 320 g/mol. The van der Waals surface area contributed by atoms with Crippen LogP contribution in [0.5, 0.6) is 0 Å². The van der Waals surface area contributed by atoms with Gasteiger partial charge in [-0.25, -0.2) is 0 Å². The van der Waals surface area contributed by atoms with Crippen molar-refractivity contribution in [3.05, 3.63) is 23.3 Å². The van der Waals surface area contributed by atoms with Gasteiger partial charge in [0.25, 0.3) is 5.91 Å². The van der Waals surface area contributed by atoms with Crippen LogP contribution in [0.1, 0.15) is 37.3 Å². The van der Waals surface area contributed by atoms with Gasteiger partial charge in [0, 0.05) is 17.0 Å². The minimum Gasteiger partial charge on any atom is -0.456 e. The van der Waals surface area contributed by atoms with Gasteiger partial charge in [0.2, 0.25) is 0 Å². The number of rotatable bonds is 7. The minimum absolute atomic E-state index is 0.282. The van der Waals surface area contributed by atoms with E-state index in [1.807, 2.05) is 38.3 Å². The SMILES string of the molecule is CCCCC(=O)OCC(=O)Nc1c(C)cc(SC#N)cc1C. The van der Waals surface area contributed by atoms with Crippen LogP contribution in [0.4, 0.5) is 5.69 Å². The molecule has 0 aromatic heterocycles. The van der Waals surface area contributed by atoms with Crippen molar-refractivity contribution >= 4 is 29.3 Å². The minimum atomic E-state index is -0.364. The van der Waals surface area contributed by atoms with Gasteiger partial charge < -0.3 is 10.1 Å². The molecule has 118 valence electrons. The Morgan fingerprint density at radius 3 is 2.50 bits per heavy atom. The van der Waals surface area contributed by atoms with Gasteiger partial charge in [-0.15, -0.1) is 0 Å². The molecule has 1 aromatic carbocycles. The van der Waals surface area contributed by atoms with Crippen LogP contribution in [0.2, 0.25) is 0 Å². The molecule has 0 aliphatic rings. The lowest BCUT2D eigenvalue weighted by molar-refractivity contribution is -0.147. The molecule has 0 atom stereocenters. The fourth-order valence-corrected chi connectivity index (χ4v) is 2.52. The molecular formula is C16H20N2O3S. The number of anilines is 1. The first-order valence-corrected chi connectivity index (χ1v) is 7.92. The largest absolute Gasteiger partial charge is 0.456 e. The molecule has 0 fully saturated rings. The summed E-state index contributed by atoms with van der Waals surface area (Å²) in [4.78, 5) is 24.1. The van der Waals surface area contributed by atoms with Crippen LogP contribution in [-0.2, 0) is 14.3 Å². The second kappa shape index (κ2) is 9.11. The summed E-state index contributed by atoms with van der Waals surface area (Å²) in [5.74, 6) is -0.719. The fraction of sp³-hybridized carbons (Fsp3) is 0.438. The molecule has 22 heavy (non-hydrogen) atoms. The van der Waals surface area contributed by atoms with Crippen molar-refractivity contribution in [2.75, 3.05) is 11.9 Å². The Kier molecular flexibility index (Phi) is 7.47. The van der Waals surface area contributed by atoms with E-state index < -0.39 is 0 Å². The van der Waals surface area contributed by atoms with Gasteiger partial charge in [-0.1, -0.05) is 13.3 Å². The molecule has 6 heteroatoms. The van der Waals surface area contributed by atoms with Crippen LogP contribution in [0, 0.1) is 24.5 Å². The smallest absolute Gasteiger partial charge is 0.306 e. The van der Waals surface area contributed by atoms with Crippen molar-refractivity contribution < 1.29 is 14.3 Å². The van der Waals surface area contributed by atoms with Gasteiger partial charge in [0.05, 0.1) is 0 Å². The first kappa shape index (κ1) is 18.1. The Labute approximate surface area is 135 Å². The zero-order chi connectivity index (χ0) is 16.5. The number of ether oxygens (including phenoxy) is 1. The van der Waals surface area contributed by atoms with E-state index in [1.165, 1.54) is 0 Å². The number of unbranched alkanes of at least 4 members (excludes halogenated alkanes) is 1. The van der Waals surface area contributed by atoms with Crippen molar-refractivity contribution in [1.29, 1.82) is 5.26 Å². The second-order valence-electron chi connectivity index (χ2n) is 4.94. The Bertz CT molecular complexity index is 571. The van der Waals surface area contributed by atoms with Crippen LogP contribution in [0.25, 0.3) is 0 Å². The molecular weight excluding hydrogens is 300 g/mol. The van der Waals surface area contributed by atoms with Crippen LogP contribution in [-0.4, -0.2) is 18.5 Å². The summed E-state index contributed by atoms with van der Waals surface area (Å²) >= 11 is 1.08. The Morgan fingerprint density at radius 1 is 1.32 bits per heavy atom. The molecule has 0 bridgehead atoms. The molecule has 0 unspecified atom stereocenters. The number of hydrogen-bond donors (Lipinski definition) is 1. The molecule has 0 spiro atoms. The molecule has 0 saturated carbocycles. The number of carbonyl (C=O) groups is 2. The zero-order valence-corrected chi connectivity index (χ0v) is 13.9. The van der Waals surface area contributed by atoms with Crippen LogP contribution in [0.3, 0.4) is 0 Å². The highest BCUT2D eigenvalue weighted by Crippen LogP contribution is 2.27.